The van der Waals surface area contributed by atoms with Crippen molar-refractivity contribution < 1.29 is 19.4 Å². The number of hydrogen-bond donors (Lipinski definition) is 3. The number of carbonyl (C=O) groups excluding carboxylic acids is 1. The van der Waals surface area contributed by atoms with Crippen LogP contribution in [0.2, 0.25) is 10.0 Å². The fourth-order valence-corrected chi connectivity index (χ4v) is 3.96. The fraction of sp³-hybridized carbons (Fsp3) is 0.286. The van der Waals surface area contributed by atoms with Crippen molar-refractivity contribution in [2.75, 3.05) is 18.5 Å². The molecule has 0 saturated carbocycles. The van der Waals surface area contributed by atoms with Crippen LogP contribution in [-0.4, -0.2) is 36.2 Å². The minimum atomic E-state index is -0.952. The second-order valence-corrected chi connectivity index (χ2v) is 10.3. The fourth-order valence-electron chi connectivity index (χ4n) is 3.45. The lowest BCUT2D eigenvalue weighted by Gasteiger charge is -2.32. The normalized spacial score (nSPS) is 12.0. The van der Waals surface area contributed by atoms with Crippen LogP contribution in [0.1, 0.15) is 37.6 Å². The summed E-state index contributed by atoms with van der Waals surface area (Å²) < 4.78 is 6.10. The number of aliphatic carboxylic acids is 1. The van der Waals surface area contributed by atoms with Crippen LogP contribution in [0.15, 0.2) is 66.7 Å². The average Bonchev–Trinajstić information content (AvgIpc) is 2.81. The minimum Gasteiger partial charge on any atom is -0.491 e. The third kappa shape index (κ3) is 7.90. The number of ether oxygens (including phenoxy) is 1. The molecular weight excluding hydrogens is 499 g/mol. The van der Waals surface area contributed by atoms with Crippen molar-refractivity contribution in [2.24, 2.45) is 5.41 Å². The van der Waals surface area contributed by atoms with Gasteiger partial charge >= 0.3 is 5.97 Å². The van der Waals surface area contributed by atoms with Crippen LogP contribution in [0.5, 0.6) is 5.75 Å². The number of rotatable bonds is 10. The average molecular weight is 529 g/mol. The van der Waals surface area contributed by atoms with E-state index in [1.54, 1.807) is 18.2 Å². The molecule has 0 aliphatic carbocycles. The highest BCUT2D eigenvalue weighted by Crippen LogP contribution is 2.31. The zero-order valence-corrected chi connectivity index (χ0v) is 22.0. The molecule has 8 heteroatoms. The summed E-state index contributed by atoms with van der Waals surface area (Å²) in [6, 6.07) is 20.2. The second-order valence-electron chi connectivity index (χ2n) is 9.50. The summed E-state index contributed by atoms with van der Waals surface area (Å²) in [6.07, 6.45) is -0.115. The molecule has 36 heavy (non-hydrogen) atoms. The highest BCUT2D eigenvalue weighted by atomic mass is 35.5. The number of carboxylic acid groups (broad SMARTS) is 1. The van der Waals surface area contributed by atoms with Crippen LogP contribution in [0.3, 0.4) is 0 Å². The van der Waals surface area contributed by atoms with Gasteiger partial charge in [0.25, 0.3) is 5.91 Å². The molecule has 3 rings (SSSR count). The van der Waals surface area contributed by atoms with Gasteiger partial charge in [-0.25, -0.2) is 0 Å². The predicted octanol–water partition coefficient (Wildman–Crippen LogP) is 6.77. The van der Waals surface area contributed by atoms with Gasteiger partial charge in [-0.15, -0.1) is 0 Å². The molecule has 1 atom stereocenters. The zero-order chi connectivity index (χ0) is 26.3. The molecule has 0 bridgehead atoms. The number of amides is 1. The van der Waals surface area contributed by atoms with Crippen molar-refractivity contribution in [1.82, 2.24) is 5.32 Å². The van der Waals surface area contributed by atoms with Gasteiger partial charge in [0.15, 0.2) is 0 Å². The Balaban J connectivity index is 1.61. The van der Waals surface area contributed by atoms with Crippen LogP contribution in [0.4, 0.5) is 5.69 Å². The Hall–Kier alpha value is -3.22. The monoisotopic (exact) mass is 528 g/mol. The first-order chi connectivity index (χ1) is 17.0. The summed E-state index contributed by atoms with van der Waals surface area (Å²) in [4.78, 5) is 22.8. The molecule has 1 amide bonds. The van der Waals surface area contributed by atoms with E-state index in [2.05, 4.69) is 31.4 Å². The van der Waals surface area contributed by atoms with Gasteiger partial charge in [0.2, 0.25) is 0 Å². The number of halogens is 2. The highest BCUT2D eigenvalue weighted by molar-refractivity contribution is 6.36. The maximum atomic E-state index is 12.2. The maximum Gasteiger partial charge on any atom is 0.305 e. The Morgan fingerprint density at radius 2 is 1.64 bits per heavy atom. The van der Waals surface area contributed by atoms with Crippen molar-refractivity contribution in [2.45, 2.75) is 33.2 Å². The van der Waals surface area contributed by atoms with Gasteiger partial charge in [-0.3, -0.25) is 9.59 Å². The number of benzene rings is 3. The van der Waals surface area contributed by atoms with E-state index in [1.165, 1.54) is 0 Å². The van der Waals surface area contributed by atoms with Crippen molar-refractivity contribution in [1.29, 1.82) is 0 Å². The van der Waals surface area contributed by atoms with E-state index in [4.69, 9.17) is 33.0 Å². The third-order valence-corrected chi connectivity index (χ3v) is 6.22. The molecule has 0 spiro atoms. The first kappa shape index (κ1) is 27.4. The first-order valence-electron chi connectivity index (χ1n) is 11.6. The highest BCUT2D eigenvalue weighted by Gasteiger charge is 2.25. The van der Waals surface area contributed by atoms with Crippen LogP contribution < -0.4 is 15.4 Å². The van der Waals surface area contributed by atoms with Crippen LogP contribution >= 0.6 is 23.2 Å². The minimum absolute atomic E-state index is 0.0156. The molecule has 3 N–H and O–H groups in total. The Morgan fingerprint density at radius 3 is 2.22 bits per heavy atom. The molecule has 0 aliphatic rings. The summed E-state index contributed by atoms with van der Waals surface area (Å²) in [7, 11) is 0. The summed E-state index contributed by atoms with van der Waals surface area (Å²) in [6.45, 7) is 6.91. The smallest absolute Gasteiger partial charge is 0.305 e. The summed E-state index contributed by atoms with van der Waals surface area (Å²) in [5.41, 5.74) is 3.09. The summed E-state index contributed by atoms with van der Waals surface area (Å²) >= 11 is 12.3. The van der Waals surface area contributed by atoms with Gasteiger partial charge < -0.3 is 20.5 Å². The van der Waals surface area contributed by atoms with Gasteiger partial charge in [-0.2, -0.15) is 0 Å². The predicted molar refractivity (Wildman–Crippen MR) is 145 cm³/mol. The lowest BCUT2D eigenvalue weighted by atomic mass is 9.87. The van der Waals surface area contributed by atoms with Crippen molar-refractivity contribution >= 4 is 40.8 Å². The Kier molecular flexibility index (Phi) is 9.24. The lowest BCUT2D eigenvalue weighted by Crippen LogP contribution is -2.39. The van der Waals surface area contributed by atoms with Crippen molar-refractivity contribution in [3.05, 3.63) is 82.3 Å². The van der Waals surface area contributed by atoms with Crippen LogP contribution in [-0.2, 0) is 4.79 Å². The standard InChI is InChI=1S/C28H30Cl2N2O4/c1-28(2,3)25(32-21-9-4-19(5-10-21)27(35)31-15-14-26(33)34)17-36-22-11-6-18(7-12-22)23-13-8-20(29)16-24(23)30/h4-13,16,25,32H,14-15,17H2,1-3H3,(H,31,35)(H,33,34)/t25-/m1/s1. The number of nitrogens with one attached hydrogen (secondary N) is 2. The van der Waals surface area contributed by atoms with Gasteiger partial charge in [0.05, 0.1) is 12.5 Å². The van der Waals surface area contributed by atoms with Crippen molar-refractivity contribution in [3.63, 3.8) is 0 Å². The molecule has 3 aromatic carbocycles. The quantitative estimate of drug-likeness (QED) is 0.270. The second kappa shape index (κ2) is 12.2. The zero-order valence-electron chi connectivity index (χ0n) is 20.5. The van der Waals surface area contributed by atoms with Gasteiger partial charge in [0, 0.05) is 33.4 Å². The molecule has 0 fully saturated rings. The van der Waals surface area contributed by atoms with E-state index in [1.807, 2.05) is 48.5 Å². The first-order valence-corrected chi connectivity index (χ1v) is 12.3. The molecule has 0 radical (unpaired) electrons. The molecule has 190 valence electrons. The number of carboxylic acids is 1. The number of anilines is 1. The van der Waals surface area contributed by atoms with Gasteiger partial charge in [-0.05, 0) is 59.5 Å². The molecule has 0 saturated heterocycles. The molecular formula is C28H30Cl2N2O4. The van der Waals surface area contributed by atoms with Gasteiger partial charge in [0.1, 0.15) is 12.4 Å². The van der Waals surface area contributed by atoms with E-state index in [9.17, 15) is 9.59 Å². The Morgan fingerprint density at radius 1 is 0.972 bits per heavy atom. The Labute approximate surface area is 221 Å². The summed E-state index contributed by atoms with van der Waals surface area (Å²) in [5, 5.41) is 16.0. The molecule has 6 nitrogen and oxygen atoms in total. The van der Waals surface area contributed by atoms with Crippen LogP contribution in [0, 0.1) is 5.41 Å². The molecule has 3 aromatic rings. The third-order valence-electron chi connectivity index (χ3n) is 5.67. The lowest BCUT2D eigenvalue weighted by molar-refractivity contribution is -0.136. The number of carbonyl (C=O) groups is 2. The molecule has 0 heterocycles. The molecule has 0 aliphatic heterocycles. The van der Waals surface area contributed by atoms with E-state index in [0.29, 0.717) is 22.2 Å². The van der Waals surface area contributed by atoms with Crippen LogP contribution in [0.25, 0.3) is 11.1 Å². The van der Waals surface area contributed by atoms with E-state index >= 15 is 0 Å². The number of hydrogen-bond acceptors (Lipinski definition) is 4. The van der Waals surface area contributed by atoms with Crippen molar-refractivity contribution in [3.8, 4) is 16.9 Å². The summed E-state index contributed by atoms with van der Waals surface area (Å²) in [5.74, 6) is -0.512. The SMILES string of the molecule is CC(C)(C)[C@@H](COc1ccc(-c2ccc(Cl)cc2Cl)cc1)Nc1ccc(C(=O)NCCC(=O)O)cc1. The molecule has 0 unspecified atom stereocenters. The van der Waals surface area contributed by atoms with Gasteiger partial charge in [-0.1, -0.05) is 62.2 Å². The van der Waals surface area contributed by atoms with E-state index < -0.39 is 5.97 Å². The van der Waals surface area contributed by atoms with E-state index in [0.717, 1.165) is 22.6 Å². The Bertz CT molecular complexity index is 1190. The van der Waals surface area contributed by atoms with E-state index in [-0.39, 0.29) is 30.3 Å². The molecule has 0 aromatic heterocycles. The largest absolute Gasteiger partial charge is 0.491 e. The maximum absolute atomic E-state index is 12.2. The topological polar surface area (TPSA) is 87.7 Å².